The van der Waals surface area contributed by atoms with Crippen LogP contribution in [0, 0.1) is 11.3 Å². The van der Waals surface area contributed by atoms with Gasteiger partial charge in [0.25, 0.3) is 0 Å². The normalized spacial score (nSPS) is 21.6. The van der Waals surface area contributed by atoms with Crippen LogP contribution in [0.2, 0.25) is 0 Å². The average Bonchev–Trinajstić information content (AvgIpc) is 2.20. The molecule has 0 aliphatic carbocycles. The molecule has 1 fully saturated rings. The third kappa shape index (κ3) is 2.63. The Hall–Kier alpha value is -1.24. The fraction of sp³-hybridized carbons (Fsp3) is 0.800. The molecule has 1 rings (SSSR count). The Kier molecular flexibility index (Phi) is 4.24. The molecule has 0 aromatic carbocycles. The van der Waals surface area contributed by atoms with Gasteiger partial charge in [0.2, 0.25) is 0 Å². The zero-order valence-corrected chi connectivity index (χ0v) is 8.53. The number of amides is 1. The highest BCUT2D eigenvalue weighted by molar-refractivity contribution is 5.69. The van der Waals surface area contributed by atoms with Crippen molar-refractivity contribution < 1.29 is 9.53 Å². The van der Waals surface area contributed by atoms with Crippen molar-refractivity contribution in [3.63, 3.8) is 0 Å². The number of hydrogen-bond donors (Lipinski definition) is 0. The van der Waals surface area contributed by atoms with Crippen LogP contribution in [0.1, 0.15) is 32.6 Å². The molecule has 1 saturated heterocycles. The third-order valence-electron chi connectivity index (χ3n) is 2.38. The van der Waals surface area contributed by atoms with Crippen LogP contribution in [-0.2, 0) is 4.74 Å². The molecular formula is C10H16N2O2. The summed E-state index contributed by atoms with van der Waals surface area (Å²) in [6.45, 7) is 3.13. The molecule has 0 aromatic rings. The summed E-state index contributed by atoms with van der Waals surface area (Å²) in [5.41, 5.74) is 0. The fourth-order valence-corrected chi connectivity index (χ4v) is 1.54. The summed E-state index contributed by atoms with van der Waals surface area (Å²) in [7, 11) is 0. The Morgan fingerprint density at radius 3 is 3.07 bits per heavy atom. The van der Waals surface area contributed by atoms with E-state index >= 15 is 0 Å². The number of hydrogen-bond acceptors (Lipinski definition) is 3. The number of carbonyl (C=O) groups is 1. The quantitative estimate of drug-likeness (QED) is 0.645. The maximum absolute atomic E-state index is 11.3. The van der Waals surface area contributed by atoms with Gasteiger partial charge in [0, 0.05) is 13.0 Å². The monoisotopic (exact) mass is 196 g/mol. The standard InChI is InChI=1S/C10H16N2O2/c1-2-3-4-6-12-9(8-11)5-7-14-10(12)13/h9H,2-7H2,1H3. The highest BCUT2D eigenvalue weighted by Gasteiger charge is 2.28. The molecule has 0 saturated carbocycles. The van der Waals surface area contributed by atoms with Gasteiger partial charge in [-0.15, -0.1) is 0 Å². The predicted molar refractivity (Wildman–Crippen MR) is 51.6 cm³/mol. The molecule has 1 heterocycles. The zero-order valence-electron chi connectivity index (χ0n) is 8.53. The van der Waals surface area contributed by atoms with Crippen LogP contribution >= 0.6 is 0 Å². The first kappa shape index (κ1) is 10.8. The second-order valence-corrected chi connectivity index (χ2v) is 3.45. The Bertz CT molecular complexity index is 235. The molecule has 0 aromatic heterocycles. The minimum absolute atomic E-state index is 0.284. The van der Waals surface area contributed by atoms with Crippen LogP contribution < -0.4 is 0 Å². The first-order chi connectivity index (χ1) is 6.79. The molecular weight excluding hydrogens is 180 g/mol. The van der Waals surface area contributed by atoms with E-state index in [1.54, 1.807) is 4.90 Å². The van der Waals surface area contributed by atoms with Crippen molar-refractivity contribution in [2.24, 2.45) is 0 Å². The number of cyclic esters (lactones) is 1. The molecule has 0 bridgehead atoms. The zero-order chi connectivity index (χ0) is 10.4. The Labute approximate surface area is 84.4 Å². The van der Waals surface area contributed by atoms with Crippen LogP contribution in [-0.4, -0.2) is 30.2 Å². The van der Waals surface area contributed by atoms with Gasteiger partial charge in [-0.05, 0) is 6.42 Å². The van der Waals surface area contributed by atoms with Crippen molar-refractivity contribution >= 4 is 6.09 Å². The summed E-state index contributed by atoms with van der Waals surface area (Å²) in [6.07, 6.45) is 3.44. The number of unbranched alkanes of at least 4 members (excludes halogenated alkanes) is 2. The van der Waals surface area contributed by atoms with E-state index in [2.05, 4.69) is 13.0 Å². The van der Waals surface area contributed by atoms with Crippen LogP contribution in [0.25, 0.3) is 0 Å². The molecule has 0 spiro atoms. The van der Waals surface area contributed by atoms with Crippen molar-refractivity contribution in [2.75, 3.05) is 13.2 Å². The summed E-state index contributed by atoms with van der Waals surface area (Å²) < 4.78 is 4.89. The molecule has 78 valence electrons. The van der Waals surface area contributed by atoms with Gasteiger partial charge in [-0.25, -0.2) is 4.79 Å². The van der Waals surface area contributed by atoms with E-state index < -0.39 is 0 Å². The number of nitriles is 1. The third-order valence-corrected chi connectivity index (χ3v) is 2.38. The van der Waals surface area contributed by atoms with Crippen molar-refractivity contribution in [3.05, 3.63) is 0 Å². The number of nitrogens with zero attached hydrogens (tertiary/aromatic N) is 2. The lowest BCUT2D eigenvalue weighted by molar-refractivity contribution is 0.0572. The van der Waals surface area contributed by atoms with E-state index in [0.29, 0.717) is 19.6 Å². The van der Waals surface area contributed by atoms with Gasteiger partial charge in [-0.2, -0.15) is 5.26 Å². The number of carbonyl (C=O) groups excluding carboxylic acids is 1. The second-order valence-electron chi connectivity index (χ2n) is 3.45. The van der Waals surface area contributed by atoms with E-state index in [4.69, 9.17) is 10.00 Å². The molecule has 1 atom stereocenters. The first-order valence-corrected chi connectivity index (χ1v) is 5.12. The lowest BCUT2D eigenvalue weighted by Crippen LogP contribution is -2.45. The molecule has 4 heteroatoms. The van der Waals surface area contributed by atoms with Gasteiger partial charge in [0.05, 0.1) is 12.7 Å². The van der Waals surface area contributed by atoms with Crippen LogP contribution in [0.3, 0.4) is 0 Å². The summed E-state index contributed by atoms with van der Waals surface area (Å²) in [6, 6.07) is 1.85. The van der Waals surface area contributed by atoms with E-state index in [1.165, 1.54) is 0 Å². The van der Waals surface area contributed by atoms with Gasteiger partial charge in [0.15, 0.2) is 0 Å². The highest BCUT2D eigenvalue weighted by atomic mass is 16.6. The summed E-state index contributed by atoms with van der Waals surface area (Å²) >= 11 is 0. The topological polar surface area (TPSA) is 53.3 Å². The van der Waals surface area contributed by atoms with Crippen LogP contribution in [0.15, 0.2) is 0 Å². The number of rotatable bonds is 4. The van der Waals surface area contributed by atoms with Gasteiger partial charge in [-0.3, -0.25) is 4.90 Å². The molecule has 1 unspecified atom stereocenters. The van der Waals surface area contributed by atoms with Gasteiger partial charge in [0.1, 0.15) is 6.04 Å². The lowest BCUT2D eigenvalue weighted by Gasteiger charge is -2.30. The van der Waals surface area contributed by atoms with Crippen molar-refractivity contribution in [3.8, 4) is 6.07 Å². The molecule has 0 radical (unpaired) electrons. The summed E-state index contributed by atoms with van der Waals surface area (Å²) in [5.74, 6) is 0. The fourth-order valence-electron chi connectivity index (χ4n) is 1.54. The summed E-state index contributed by atoms with van der Waals surface area (Å²) in [5, 5.41) is 8.84. The van der Waals surface area contributed by atoms with E-state index in [9.17, 15) is 4.79 Å². The highest BCUT2D eigenvalue weighted by Crippen LogP contribution is 2.13. The largest absolute Gasteiger partial charge is 0.449 e. The van der Waals surface area contributed by atoms with Gasteiger partial charge < -0.3 is 4.74 Å². The van der Waals surface area contributed by atoms with Gasteiger partial charge >= 0.3 is 6.09 Å². The first-order valence-electron chi connectivity index (χ1n) is 5.12. The number of ether oxygens (including phenoxy) is 1. The van der Waals surface area contributed by atoms with Crippen LogP contribution in [0.5, 0.6) is 0 Å². The van der Waals surface area contributed by atoms with Crippen molar-refractivity contribution in [1.82, 2.24) is 4.90 Å². The second kappa shape index (κ2) is 5.48. The van der Waals surface area contributed by atoms with Gasteiger partial charge in [-0.1, -0.05) is 19.8 Å². The lowest BCUT2D eigenvalue weighted by atomic mass is 10.1. The molecule has 1 aliphatic heterocycles. The Morgan fingerprint density at radius 1 is 1.64 bits per heavy atom. The predicted octanol–water partition coefficient (Wildman–Crippen LogP) is 1.91. The maximum Gasteiger partial charge on any atom is 0.410 e. The van der Waals surface area contributed by atoms with E-state index in [-0.39, 0.29) is 12.1 Å². The SMILES string of the molecule is CCCCCN1C(=O)OCCC1C#N. The molecule has 14 heavy (non-hydrogen) atoms. The molecule has 1 amide bonds. The Morgan fingerprint density at radius 2 is 2.43 bits per heavy atom. The maximum atomic E-state index is 11.3. The molecule has 4 nitrogen and oxygen atoms in total. The van der Waals surface area contributed by atoms with Crippen LogP contribution in [0.4, 0.5) is 4.79 Å². The smallest absolute Gasteiger partial charge is 0.410 e. The average molecular weight is 196 g/mol. The Balaban J connectivity index is 2.44. The molecule has 0 N–H and O–H groups in total. The summed E-state index contributed by atoms with van der Waals surface area (Å²) in [4.78, 5) is 12.9. The van der Waals surface area contributed by atoms with Crippen molar-refractivity contribution in [1.29, 1.82) is 5.26 Å². The van der Waals surface area contributed by atoms with E-state index in [0.717, 1.165) is 19.3 Å². The van der Waals surface area contributed by atoms with Crippen molar-refractivity contribution in [2.45, 2.75) is 38.6 Å². The minimum Gasteiger partial charge on any atom is -0.449 e. The minimum atomic E-state index is -0.334. The molecule has 1 aliphatic rings. The van der Waals surface area contributed by atoms with E-state index in [1.807, 2.05) is 0 Å².